The number of pyridine rings is 1. The van der Waals surface area contributed by atoms with Crippen molar-refractivity contribution in [2.45, 2.75) is 47.5 Å². The summed E-state index contributed by atoms with van der Waals surface area (Å²) in [5, 5.41) is 1.19. The predicted octanol–water partition coefficient (Wildman–Crippen LogP) is 6.28. The Balaban J connectivity index is 2.09. The van der Waals surface area contributed by atoms with Crippen molar-refractivity contribution in [3.05, 3.63) is 93.8 Å². The number of rotatable bonds is 6. The van der Waals surface area contributed by atoms with Crippen molar-refractivity contribution >= 4 is 22.2 Å². The van der Waals surface area contributed by atoms with Crippen LogP contribution in [0.5, 0.6) is 0 Å². The molecular weight excluding hydrogens is 378 g/mol. The first-order valence-electron chi connectivity index (χ1n) is 10.8. The van der Waals surface area contributed by atoms with Gasteiger partial charge in [0, 0.05) is 35.1 Å². The van der Waals surface area contributed by atoms with Crippen LogP contribution in [-0.2, 0) is 12.8 Å². The van der Waals surface area contributed by atoms with Crippen molar-refractivity contribution in [2.75, 3.05) is 7.05 Å². The Morgan fingerprint density at radius 2 is 1.71 bits per heavy atom. The van der Waals surface area contributed by atoms with E-state index >= 15 is 0 Å². The summed E-state index contributed by atoms with van der Waals surface area (Å²) in [5.74, 6) is 0. The van der Waals surface area contributed by atoms with Gasteiger partial charge in [-0.1, -0.05) is 36.9 Å². The molecule has 0 aliphatic rings. The molecule has 160 valence electrons. The van der Waals surface area contributed by atoms with Gasteiger partial charge in [0.05, 0.1) is 5.52 Å². The van der Waals surface area contributed by atoms with E-state index in [4.69, 9.17) is 10.7 Å². The second-order valence-corrected chi connectivity index (χ2v) is 8.32. The van der Waals surface area contributed by atoms with E-state index in [1.807, 2.05) is 13.8 Å². The summed E-state index contributed by atoms with van der Waals surface area (Å²) in [4.78, 5) is 9.33. The summed E-state index contributed by atoms with van der Waals surface area (Å²) in [6, 6.07) is 15.0. The third kappa shape index (κ3) is 4.61. The van der Waals surface area contributed by atoms with Crippen LogP contribution >= 0.6 is 0 Å². The van der Waals surface area contributed by atoms with Crippen LogP contribution in [0.15, 0.2) is 65.3 Å². The number of aryl methyl sites for hydroxylation is 4. The lowest BCUT2D eigenvalue weighted by atomic mass is 9.90. The molecule has 1 aromatic heterocycles. The average Bonchev–Trinajstić information content (AvgIpc) is 2.74. The van der Waals surface area contributed by atoms with Crippen LogP contribution in [0.2, 0.25) is 0 Å². The van der Waals surface area contributed by atoms with E-state index in [9.17, 15) is 0 Å². The second-order valence-electron chi connectivity index (χ2n) is 8.32. The van der Waals surface area contributed by atoms with Crippen molar-refractivity contribution in [3.8, 4) is 0 Å². The van der Waals surface area contributed by atoms with Gasteiger partial charge in [0.15, 0.2) is 0 Å². The highest BCUT2D eigenvalue weighted by atomic mass is 14.7. The third-order valence-corrected chi connectivity index (χ3v) is 6.12. The van der Waals surface area contributed by atoms with Crippen molar-refractivity contribution in [3.63, 3.8) is 0 Å². The molecule has 0 saturated carbocycles. The summed E-state index contributed by atoms with van der Waals surface area (Å²) < 4.78 is 0. The quantitative estimate of drug-likeness (QED) is 0.383. The Labute approximate surface area is 186 Å². The number of hydrogen-bond acceptors (Lipinski definition) is 3. The lowest BCUT2D eigenvalue weighted by Crippen LogP contribution is -2.09. The Kier molecular flexibility index (Phi) is 6.74. The molecule has 0 bridgehead atoms. The number of fused-ring (bicyclic) bond motifs is 1. The van der Waals surface area contributed by atoms with Crippen LogP contribution in [0.4, 0.5) is 0 Å². The van der Waals surface area contributed by atoms with Crippen LogP contribution in [-0.4, -0.2) is 17.7 Å². The highest BCUT2D eigenvalue weighted by molar-refractivity contribution is 6.12. The SMILES string of the molecule is C=C(C(C(C)=NC)=C(C)N)c1cc(C)c2nc(C)c(CCc3ccccc3)c(C)c2c1. The van der Waals surface area contributed by atoms with Crippen LogP contribution in [0, 0.1) is 20.8 Å². The van der Waals surface area contributed by atoms with Gasteiger partial charge >= 0.3 is 0 Å². The van der Waals surface area contributed by atoms with E-state index < -0.39 is 0 Å². The Bertz CT molecular complexity index is 1190. The molecule has 2 aromatic carbocycles. The Hall–Kier alpha value is -3.20. The van der Waals surface area contributed by atoms with E-state index in [0.717, 1.165) is 57.7 Å². The number of aromatic nitrogens is 1. The number of allylic oxidation sites excluding steroid dienone is 3. The van der Waals surface area contributed by atoms with E-state index in [2.05, 4.69) is 74.8 Å². The van der Waals surface area contributed by atoms with Gasteiger partial charge in [-0.15, -0.1) is 0 Å². The zero-order valence-electron chi connectivity index (χ0n) is 19.6. The van der Waals surface area contributed by atoms with Crippen LogP contribution in [0.1, 0.15) is 47.4 Å². The number of hydrogen-bond donors (Lipinski definition) is 1. The zero-order chi connectivity index (χ0) is 22.7. The molecule has 0 aliphatic heterocycles. The summed E-state index contributed by atoms with van der Waals surface area (Å²) in [6.07, 6.45) is 1.98. The van der Waals surface area contributed by atoms with Gasteiger partial charge in [-0.2, -0.15) is 0 Å². The third-order valence-electron chi connectivity index (χ3n) is 6.12. The van der Waals surface area contributed by atoms with Gasteiger partial charge in [-0.05, 0) is 93.0 Å². The first-order chi connectivity index (χ1) is 14.7. The molecule has 31 heavy (non-hydrogen) atoms. The maximum absolute atomic E-state index is 6.20. The summed E-state index contributed by atoms with van der Waals surface area (Å²) in [5.41, 5.74) is 18.0. The molecule has 0 unspecified atom stereocenters. The van der Waals surface area contributed by atoms with Gasteiger partial charge in [-0.25, -0.2) is 0 Å². The van der Waals surface area contributed by atoms with Crippen molar-refractivity contribution < 1.29 is 0 Å². The maximum Gasteiger partial charge on any atom is 0.0737 e. The molecule has 0 aliphatic carbocycles. The lowest BCUT2D eigenvalue weighted by molar-refractivity contribution is 0.926. The molecule has 2 N–H and O–H groups in total. The normalized spacial score (nSPS) is 12.8. The minimum atomic E-state index is 0.730. The van der Waals surface area contributed by atoms with E-state index in [1.165, 1.54) is 22.1 Å². The van der Waals surface area contributed by atoms with E-state index in [1.54, 1.807) is 7.05 Å². The fourth-order valence-corrected chi connectivity index (χ4v) is 4.34. The smallest absolute Gasteiger partial charge is 0.0737 e. The average molecular weight is 412 g/mol. The Morgan fingerprint density at radius 3 is 2.32 bits per heavy atom. The van der Waals surface area contributed by atoms with Crippen LogP contribution < -0.4 is 5.73 Å². The van der Waals surface area contributed by atoms with Crippen LogP contribution in [0.3, 0.4) is 0 Å². The topological polar surface area (TPSA) is 51.3 Å². The number of nitrogens with zero attached hydrogens (tertiary/aromatic N) is 2. The molecule has 0 amide bonds. The molecular formula is C28H33N3. The van der Waals surface area contributed by atoms with Gasteiger partial charge in [0.2, 0.25) is 0 Å². The monoisotopic (exact) mass is 411 g/mol. The molecule has 3 heteroatoms. The first-order valence-corrected chi connectivity index (χ1v) is 10.8. The number of aliphatic imine (C=N–C) groups is 1. The van der Waals surface area contributed by atoms with Gasteiger partial charge < -0.3 is 5.73 Å². The fourth-order valence-electron chi connectivity index (χ4n) is 4.34. The largest absolute Gasteiger partial charge is 0.402 e. The van der Waals surface area contributed by atoms with E-state index in [0.29, 0.717) is 0 Å². The van der Waals surface area contributed by atoms with Crippen molar-refractivity contribution in [2.24, 2.45) is 10.7 Å². The molecule has 0 spiro atoms. The standard InChI is InChI=1S/C28H33N3/c1-17-15-24(18(2)27(20(4)29)22(6)30-7)16-26-19(3)25(21(5)31-28(17)26)14-13-23-11-9-8-10-12-23/h8-12,15-16H,2,13-14,29H2,1,3-7H3. The van der Waals surface area contributed by atoms with Crippen molar-refractivity contribution in [1.82, 2.24) is 4.98 Å². The van der Waals surface area contributed by atoms with Gasteiger partial charge in [0.25, 0.3) is 0 Å². The summed E-state index contributed by atoms with van der Waals surface area (Å²) >= 11 is 0. The molecule has 3 aromatic rings. The molecule has 1 heterocycles. The Morgan fingerprint density at radius 1 is 1.03 bits per heavy atom. The molecule has 0 saturated heterocycles. The minimum absolute atomic E-state index is 0.730. The molecule has 0 atom stereocenters. The second kappa shape index (κ2) is 9.30. The lowest BCUT2D eigenvalue weighted by Gasteiger charge is -2.18. The molecule has 3 nitrogen and oxygen atoms in total. The van der Waals surface area contributed by atoms with Gasteiger partial charge in [-0.3, -0.25) is 9.98 Å². The molecule has 0 fully saturated rings. The predicted molar refractivity (Wildman–Crippen MR) is 135 cm³/mol. The highest BCUT2D eigenvalue weighted by Gasteiger charge is 2.16. The maximum atomic E-state index is 6.20. The molecule has 3 rings (SSSR count). The zero-order valence-corrected chi connectivity index (χ0v) is 19.6. The fraction of sp³-hybridized carbons (Fsp3) is 0.286. The van der Waals surface area contributed by atoms with E-state index in [-0.39, 0.29) is 0 Å². The molecule has 0 radical (unpaired) electrons. The van der Waals surface area contributed by atoms with Crippen LogP contribution in [0.25, 0.3) is 16.5 Å². The number of nitrogens with two attached hydrogens (primary N) is 1. The highest BCUT2D eigenvalue weighted by Crippen LogP contribution is 2.32. The van der Waals surface area contributed by atoms with Crippen molar-refractivity contribution in [1.29, 1.82) is 0 Å². The van der Waals surface area contributed by atoms with Gasteiger partial charge in [0.1, 0.15) is 0 Å². The first kappa shape index (κ1) is 22.5. The summed E-state index contributed by atoms with van der Waals surface area (Å²) in [6.45, 7) is 14.7. The summed E-state index contributed by atoms with van der Waals surface area (Å²) in [7, 11) is 1.78. The minimum Gasteiger partial charge on any atom is -0.402 e. The number of benzene rings is 2.